The van der Waals surface area contributed by atoms with Gasteiger partial charge in [-0.15, -0.1) is 0 Å². The normalized spacial score (nSPS) is 11.4. The predicted molar refractivity (Wildman–Crippen MR) is 135 cm³/mol. The Morgan fingerprint density at radius 3 is 2.11 bits per heavy atom. The van der Waals surface area contributed by atoms with Gasteiger partial charge in [0, 0.05) is 24.7 Å². The van der Waals surface area contributed by atoms with Crippen LogP contribution in [0.3, 0.4) is 0 Å². The second kappa shape index (κ2) is 11.2. The zero-order valence-electron chi connectivity index (χ0n) is 19.4. The van der Waals surface area contributed by atoms with E-state index in [-0.39, 0.29) is 22.2 Å². The molecule has 0 aliphatic heterocycles. The van der Waals surface area contributed by atoms with Gasteiger partial charge in [-0.3, -0.25) is 24.0 Å². The van der Waals surface area contributed by atoms with Crippen molar-refractivity contribution in [3.8, 4) is 0 Å². The number of anilines is 2. The first-order chi connectivity index (χ1) is 17.1. The zero-order valence-corrected chi connectivity index (χ0v) is 20.2. The van der Waals surface area contributed by atoms with Crippen LogP contribution in [0.1, 0.15) is 19.4 Å². The zero-order chi connectivity index (χ0) is 26.3. The summed E-state index contributed by atoms with van der Waals surface area (Å²) in [6, 6.07) is 19.1. The lowest BCUT2D eigenvalue weighted by atomic mass is 10.1. The third-order valence-electron chi connectivity index (χ3n) is 4.94. The van der Waals surface area contributed by atoms with E-state index in [4.69, 9.17) is 0 Å². The molecule has 36 heavy (non-hydrogen) atoms. The first-order valence-corrected chi connectivity index (χ1v) is 12.1. The minimum absolute atomic E-state index is 0.0462. The fourth-order valence-corrected chi connectivity index (χ4v) is 4.59. The molecular formula is C24H23N5O6S. The molecule has 3 aromatic rings. The SMILES string of the molecule is CC(=O)Nc1ccc(/C(C)=N\NC(=O)CN(c2ccc([N+](=O)[O-])cc2)S(=O)(=O)c2ccccc2)cc1. The van der Waals surface area contributed by atoms with Gasteiger partial charge in [-0.1, -0.05) is 30.3 Å². The van der Waals surface area contributed by atoms with Crippen molar-refractivity contribution in [1.29, 1.82) is 0 Å². The largest absolute Gasteiger partial charge is 0.326 e. The Morgan fingerprint density at radius 1 is 0.944 bits per heavy atom. The van der Waals surface area contributed by atoms with Gasteiger partial charge in [0.1, 0.15) is 6.54 Å². The lowest BCUT2D eigenvalue weighted by Gasteiger charge is -2.23. The highest BCUT2D eigenvalue weighted by molar-refractivity contribution is 7.92. The second-order valence-corrected chi connectivity index (χ2v) is 9.45. The molecule has 12 heteroatoms. The number of rotatable bonds is 9. The van der Waals surface area contributed by atoms with E-state index in [1.807, 2.05) is 0 Å². The molecule has 0 aliphatic rings. The van der Waals surface area contributed by atoms with Gasteiger partial charge in [-0.2, -0.15) is 5.10 Å². The average molecular weight is 510 g/mol. The number of carbonyl (C=O) groups is 2. The molecule has 11 nitrogen and oxygen atoms in total. The number of non-ortho nitro benzene ring substituents is 1. The summed E-state index contributed by atoms with van der Waals surface area (Å²) in [4.78, 5) is 34.2. The molecule has 0 saturated carbocycles. The van der Waals surface area contributed by atoms with E-state index in [2.05, 4.69) is 15.8 Å². The first kappa shape index (κ1) is 26.0. The van der Waals surface area contributed by atoms with Crippen molar-refractivity contribution in [2.45, 2.75) is 18.7 Å². The summed E-state index contributed by atoms with van der Waals surface area (Å²) >= 11 is 0. The summed E-state index contributed by atoms with van der Waals surface area (Å²) < 4.78 is 27.5. The van der Waals surface area contributed by atoms with E-state index in [1.54, 1.807) is 49.4 Å². The van der Waals surface area contributed by atoms with Crippen LogP contribution in [0.25, 0.3) is 0 Å². The van der Waals surface area contributed by atoms with Crippen LogP contribution >= 0.6 is 0 Å². The molecule has 0 spiro atoms. The molecule has 0 bridgehead atoms. The molecule has 3 rings (SSSR count). The van der Waals surface area contributed by atoms with Gasteiger partial charge in [-0.25, -0.2) is 13.8 Å². The number of hydrazone groups is 1. The van der Waals surface area contributed by atoms with Crippen LogP contribution in [0.15, 0.2) is 88.9 Å². The van der Waals surface area contributed by atoms with E-state index in [9.17, 15) is 28.1 Å². The minimum Gasteiger partial charge on any atom is -0.326 e. The minimum atomic E-state index is -4.17. The number of nitrogens with zero attached hydrogens (tertiary/aromatic N) is 3. The van der Waals surface area contributed by atoms with Crippen LogP contribution in [0.2, 0.25) is 0 Å². The number of benzene rings is 3. The second-order valence-electron chi connectivity index (χ2n) is 7.59. The molecule has 0 aliphatic carbocycles. The van der Waals surface area contributed by atoms with Crippen LogP contribution in [0, 0.1) is 10.1 Å². The third-order valence-corrected chi connectivity index (χ3v) is 6.73. The predicted octanol–water partition coefficient (Wildman–Crippen LogP) is 3.29. The molecule has 2 amide bonds. The Labute approximate surface area is 207 Å². The van der Waals surface area contributed by atoms with Crippen LogP contribution in [-0.2, 0) is 19.6 Å². The molecule has 0 unspecified atom stereocenters. The van der Waals surface area contributed by atoms with Crippen molar-refractivity contribution in [3.05, 3.63) is 94.5 Å². The van der Waals surface area contributed by atoms with Crippen molar-refractivity contribution >= 4 is 44.6 Å². The van der Waals surface area contributed by atoms with Gasteiger partial charge >= 0.3 is 0 Å². The molecule has 0 atom stereocenters. The van der Waals surface area contributed by atoms with Crippen LogP contribution in [-0.4, -0.2) is 37.4 Å². The number of hydrogen-bond donors (Lipinski definition) is 2. The molecule has 0 heterocycles. The van der Waals surface area contributed by atoms with Gasteiger partial charge in [0.05, 0.1) is 21.2 Å². The number of amides is 2. The molecule has 3 aromatic carbocycles. The van der Waals surface area contributed by atoms with E-state index < -0.39 is 27.4 Å². The van der Waals surface area contributed by atoms with Crippen molar-refractivity contribution in [2.24, 2.45) is 5.10 Å². The maximum atomic E-state index is 13.3. The maximum absolute atomic E-state index is 13.3. The summed E-state index contributed by atoms with van der Waals surface area (Å²) in [6.07, 6.45) is 0. The molecule has 0 aromatic heterocycles. The van der Waals surface area contributed by atoms with E-state index >= 15 is 0 Å². The Morgan fingerprint density at radius 2 is 1.56 bits per heavy atom. The van der Waals surface area contributed by atoms with E-state index in [0.29, 0.717) is 17.0 Å². The van der Waals surface area contributed by atoms with Gasteiger partial charge in [0.2, 0.25) is 5.91 Å². The van der Waals surface area contributed by atoms with E-state index in [0.717, 1.165) is 16.4 Å². The first-order valence-electron chi connectivity index (χ1n) is 10.6. The highest BCUT2D eigenvalue weighted by atomic mass is 32.2. The fraction of sp³-hybridized carbons (Fsp3) is 0.125. The van der Waals surface area contributed by atoms with Gasteiger partial charge in [-0.05, 0) is 48.9 Å². The van der Waals surface area contributed by atoms with Crippen LogP contribution < -0.4 is 15.0 Å². The van der Waals surface area contributed by atoms with Gasteiger partial charge < -0.3 is 5.32 Å². The molecule has 0 radical (unpaired) electrons. The lowest BCUT2D eigenvalue weighted by molar-refractivity contribution is -0.384. The molecular weight excluding hydrogens is 486 g/mol. The maximum Gasteiger partial charge on any atom is 0.269 e. The van der Waals surface area contributed by atoms with Gasteiger partial charge in [0.15, 0.2) is 0 Å². The van der Waals surface area contributed by atoms with Crippen LogP contribution in [0.5, 0.6) is 0 Å². The third kappa shape index (κ3) is 6.51. The quantitative estimate of drug-likeness (QED) is 0.257. The fourth-order valence-electron chi connectivity index (χ4n) is 3.15. The van der Waals surface area contributed by atoms with Gasteiger partial charge in [0.25, 0.3) is 21.6 Å². The molecule has 0 saturated heterocycles. The molecule has 2 N–H and O–H groups in total. The molecule has 186 valence electrons. The molecule has 0 fully saturated rings. The Balaban J connectivity index is 1.82. The summed E-state index contributed by atoms with van der Waals surface area (Å²) in [5, 5.41) is 17.7. The monoisotopic (exact) mass is 509 g/mol. The summed E-state index contributed by atoms with van der Waals surface area (Å²) in [5.41, 5.74) is 3.93. The standard InChI is InChI=1S/C24H23N5O6S/c1-17(19-8-10-20(11-9-19)25-18(2)30)26-27-24(31)16-28(21-12-14-22(15-13-21)29(32)33)36(34,35)23-6-4-3-5-7-23/h3-15H,16H2,1-2H3,(H,25,30)(H,27,31)/b26-17-. The lowest BCUT2D eigenvalue weighted by Crippen LogP contribution is -2.39. The number of carbonyl (C=O) groups excluding carboxylic acids is 2. The van der Waals surface area contributed by atoms with Crippen molar-refractivity contribution in [3.63, 3.8) is 0 Å². The van der Waals surface area contributed by atoms with Crippen molar-refractivity contribution < 1.29 is 22.9 Å². The highest BCUT2D eigenvalue weighted by Gasteiger charge is 2.27. The summed E-state index contributed by atoms with van der Waals surface area (Å²) in [5.74, 6) is -0.925. The average Bonchev–Trinajstić information content (AvgIpc) is 2.86. The number of nitro groups is 1. The number of nitrogens with one attached hydrogen (secondary N) is 2. The van der Waals surface area contributed by atoms with Crippen molar-refractivity contribution in [2.75, 3.05) is 16.2 Å². The van der Waals surface area contributed by atoms with Crippen LogP contribution in [0.4, 0.5) is 17.1 Å². The number of hydrogen-bond acceptors (Lipinski definition) is 7. The topological polar surface area (TPSA) is 151 Å². The van der Waals surface area contributed by atoms with E-state index in [1.165, 1.54) is 31.2 Å². The Bertz CT molecular complexity index is 1390. The Hall–Kier alpha value is -4.58. The number of sulfonamides is 1. The van der Waals surface area contributed by atoms with Crippen molar-refractivity contribution in [1.82, 2.24) is 5.43 Å². The summed E-state index contributed by atoms with van der Waals surface area (Å²) in [7, 11) is -4.17. The summed E-state index contributed by atoms with van der Waals surface area (Å²) in [6.45, 7) is 2.43. The number of nitro benzene ring substituents is 1. The Kier molecular flexibility index (Phi) is 8.12. The highest BCUT2D eigenvalue weighted by Crippen LogP contribution is 2.25. The smallest absolute Gasteiger partial charge is 0.269 e.